The van der Waals surface area contributed by atoms with Crippen LogP contribution < -0.4 is 4.74 Å². The Morgan fingerprint density at radius 2 is 1.93 bits per heavy atom. The van der Waals surface area contributed by atoms with Crippen molar-refractivity contribution in [3.63, 3.8) is 0 Å². The normalized spacial score (nSPS) is 10.9. The van der Waals surface area contributed by atoms with Gasteiger partial charge in [-0.25, -0.2) is 14.4 Å². The predicted octanol–water partition coefficient (Wildman–Crippen LogP) is 5.76. The molecule has 0 radical (unpaired) electrons. The SMILES string of the molecule is CC(C)c1ccc(-c2ccnc(Cl)n2)c(Oc2ccc([N+](=O)[O-])cc2F)c1. The number of nitrogens with zero attached hydrogens (tertiary/aromatic N) is 3. The molecule has 8 heteroatoms. The second-order valence-electron chi connectivity index (χ2n) is 6.10. The summed E-state index contributed by atoms with van der Waals surface area (Å²) in [4.78, 5) is 18.1. The molecule has 0 aliphatic carbocycles. The summed E-state index contributed by atoms with van der Waals surface area (Å²) >= 11 is 5.87. The van der Waals surface area contributed by atoms with Gasteiger partial charge >= 0.3 is 0 Å². The molecule has 0 fully saturated rings. The first-order valence-electron chi connectivity index (χ1n) is 8.10. The molecule has 0 saturated heterocycles. The maximum atomic E-state index is 14.3. The summed E-state index contributed by atoms with van der Waals surface area (Å²) in [7, 11) is 0. The number of ether oxygens (including phenoxy) is 1. The molecule has 0 bridgehead atoms. The van der Waals surface area contributed by atoms with E-state index in [2.05, 4.69) is 9.97 Å². The molecule has 3 rings (SSSR count). The van der Waals surface area contributed by atoms with Gasteiger partial charge in [0.1, 0.15) is 5.75 Å². The second kappa shape index (κ2) is 7.67. The van der Waals surface area contributed by atoms with Crippen LogP contribution in [0.25, 0.3) is 11.3 Å². The van der Waals surface area contributed by atoms with E-state index in [4.69, 9.17) is 16.3 Å². The third kappa shape index (κ3) is 4.20. The number of halogens is 2. The van der Waals surface area contributed by atoms with Crippen molar-refractivity contribution in [2.45, 2.75) is 19.8 Å². The highest BCUT2D eigenvalue weighted by Gasteiger charge is 2.16. The number of hydrogen-bond donors (Lipinski definition) is 0. The number of hydrogen-bond acceptors (Lipinski definition) is 5. The molecule has 1 heterocycles. The second-order valence-corrected chi connectivity index (χ2v) is 6.43. The van der Waals surface area contributed by atoms with Gasteiger partial charge in [-0.3, -0.25) is 10.1 Å². The zero-order chi connectivity index (χ0) is 19.6. The molecule has 0 spiro atoms. The molecule has 0 amide bonds. The lowest BCUT2D eigenvalue weighted by Crippen LogP contribution is -1.97. The third-order valence-electron chi connectivity index (χ3n) is 3.92. The highest BCUT2D eigenvalue weighted by Crippen LogP contribution is 2.36. The number of rotatable bonds is 5. The highest BCUT2D eigenvalue weighted by atomic mass is 35.5. The quantitative estimate of drug-likeness (QED) is 0.316. The van der Waals surface area contributed by atoms with Crippen LogP contribution in [0.15, 0.2) is 48.7 Å². The van der Waals surface area contributed by atoms with E-state index < -0.39 is 10.7 Å². The van der Waals surface area contributed by atoms with Gasteiger partial charge in [-0.05, 0) is 47.3 Å². The summed E-state index contributed by atoms with van der Waals surface area (Å²) in [5.41, 5.74) is 1.75. The molecule has 2 aromatic carbocycles. The van der Waals surface area contributed by atoms with Crippen LogP contribution in [0.4, 0.5) is 10.1 Å². The molecule has 0 aliphatic heterocycles. The molecular formula is C19H15ClFN3O3. The topological polar surface area (TPSA) is 78.2 Å². The first-order valence-corrected chi connectivity index (χ1v) is 8.47. The van der Waals surface area contributed by atoms with Gasteiger partial charge in [-0.1, -0.05) is 19.9 Å². The Bertz CT molecular complexity index is 1010. The minimum Gasteiger partial charge on any atom is -0.454 e. The number of aromatic nitrogens is 2. The van der Waals surface area contributed by atoms with E-state index >= 15 is 0 Å². The minimum atomic E-state index is -0.828. The maximum absolute atomic E-state index is 14.3. The highest BCUT2D eigenvalue weighted by molar-refractivity contribution is 6.28. The van der Waals surface area contributed by atoms with Crippen LogP contribution in [0.5, 0.6) is 11.5 Å². The zero-order valence-electron chi connectivity index (χ0n) is 14.5. The van der Waals surface area contributed by atoms with Crippen molar-refractivity contribution in [1.29, 1.82) is 0 Å². The van der Waals surface area contributed by atoms with E-state index in [0.29, 0.717) is 17.0 Å². The van der Waals surface area contributed by atoms with Gasteiger partial charge in [0, 0.05) is 17.8 Å². The van der Waals surface area contributed by atoms with Crippen LogP contribution in [0, 0.1) is 15.9 Å². The summed E-state index contributed by atoms with van der Waals surface area (Å²) in [5.74, 6) is -0.366. The molecule has 0 unspecified atom stereocenters. The van der Waals surface area contributed by atoms with Crippen LogP contribution in [0.2, 0.25) is 5.28 Å². The number of non-ortho nitro benzene ring substituents is 1. The average Bonchev–Trinajstić information content (AvgIpc) is 2.63. The molecule has 0 aliphatic rings. The van der Waals surface area contributed by atoms with E-state index in [-0.39, 0.29) is 22.6 Å². The maximum Gasteiger partial charge on any atom is 0.272 e. The fraction of sp³-hybridized carbons (Fsp3) is 0.158. The van der Waals surface area contributed by atoms with E-state index in [1.807, 2.05) is 26.0 Å². The summed E-state index contributed by atoms with van der Waals surface area (Å²) in [5, 5.41) is 10.9. The van der Waals surface area contributed by atoms with Crippen molar-refractivity contribution < 1.29 is 14.1 Å². The lowest BCUT2D eigenvalue weighted by atomic mass is 9.99. The zero-order valence-corrected chi connectivity index (χ0v) is 15.3. The first-order chi connectivity index (χ1) is 12.8. The van der Waals surface area contributed by atoms with Gasteiger partial charge in [0.2, 0.25) is 5.28 Å². The van der Waals surface area contributed by atoms with Gasteiger partial charge < -0.3 is 4.74 Å². The van der Waals surface area contributed by atoms with E-state index in [0.717, 1.165) is 11.6 Å². The van der Waals surface area contributed by atoms with Gasteiger partial charge in [-0.2, -0.15) is 0 Å². The van der Waals surface area contributed by atoms with Gasteiger partial charge in [0.25, 0.3) is 5.69 Å². The molecule has 1 aromatic heterocycles. The standard InChI is InChI=1S/C19H15ClFN3O3/c1-11(2)12-3-5-14(16-7-8-22-19(20)23-16)18(9-12)27-17-6-4-13(24(25)26)10-15(17)21/h3-11H,1-2H3. The van der Waals surface area contributed by atoms with Crippen LogP contribution in [-0.2, 0) is 0 Å². The number of benzene rings is 2. The Morgan fingerprint density at radius 3 is 2.56 bits per heavy atom. The van der Waals surface area contributed by atoms with Crippen LogP contribution in [0.1, 0.15) is 25.3 Å². The van der Waals surface area contributed by atoms with Gasteiger partial charge in [-0.15, -0.1) is 0 Å². The molecule has 27 heavy (non-hydrogen) atoms. The molecule has 138 valence electrons. The summed E-state index contributed by atoms with van der Waals surface area (Å²) in [6.07, 6.45) is 1.51. The lowest BCUT2D eigenvalue weighted by molar-refractivity contribution is -0.385. The largest absolute Gasteiger partial charge is 0.454 e. The summed E-state index contributed by atoms with van der Waals surface area (Å²) < 4.78 is 20.0. The van der Waals surface area contributed by atoms with Crippen LogP contribution in [-0.4, -0.2) is 14.9 Å². The molecule has 0 atom stereocenters. The Morgan fingerprint density at radius 1 is 1.15 bits per heavy atom. The molecule has 6 nitrogen and oxygen atoms in total. The van der Waals surface area contributed by atoms with Gasteiger partial charge in [0.15, 0.2) is 11.6 Å². The van der Waals surface area contributed by atoms with Gasteiger partial charge in [0.05, 0.1) is 16.7 Å². The Hall–Kier alpha value is -3.06. The van der Waals surface area contributed by atoms with Crippen LogP contribution >= 0.6 is 11.6 Å². The van der Waals surface area contributed by atoms with Crippen molar-refractivity contribution in [1.82, 2.24) is 9.97 Å². The Balaban J connectivity index is 2.07. The lowest BCUT2D eigenvalue weighted by Gasteiger charge is -2.15. The molecule has 0 saturated carbocycles. The van der Waals surface area contributed by atoms with Crippen molar-refractivity contribution in [2.24, 2.45) is 0 Å². The first kappa shape index (κ1) is 18.7. The Kier molecular flexibility index (Phi) is 5.32. The number of nitro groups is 1. The smallest absolute Gasteiger partial charge is 0.272 e. The predicted molar refractivity (Wildman–Crippen MR) is 99.7 cm³/mol. The summed E-state index contributed by atoms with van der Waals surface area (Å²) in [6, 6.07) is 10.4. The molecule has 0 N–H and O–H groups in total. The Labute approximate surface area is 159 Å². The molecular weight excluding hydrogens is 373 g/mol. The van der Waals surface area contributed by atoms with Crippen molar-refractivity contribution in [2.75, 3.05) is 0 Å². The fourth-order valence-corrected chi connectivity index (χ4v) is 2.63. The third-order valence-corrected chi connectivity index (χ3v) is 4.10. The summed E-state index contributed by atoms with van der Waals surface area (Å²) in [6.45, 7) is 4.04. The van der Waals surface area contributed by atoms with E-state index in [1.54, 1.807) is 12.1 Å². The monoisotopic (exact) mass is 387 g/mol. The average molecular weight is 388 g/mol. The molecule has 3 aromatic rings. The van der Waals surface area contributed by atoms with Crippen molar-refractivity contribution >= 4 is 17.3 Å². The number of nitro benzene ring substituents is 1. The minimum absolute atomic E-state index is 0.0768. The van der Waals surface area contributed by atoms with Crippen molar-refractivity contribution in [3.05, 3.63) is 75.4 Å². The van der Waals surface area contributed by atoms with E-state index in [1.165, 1.54) is 18.3 Å². The fourth-order valence-electron chi connectivity index (χ4n) is 2.48. The van der Waals surface area contributed by atoms with Crippen LogP contribution in [0.3, 0.4) is 0 Å². The van der Waals surface area contributed by atoms with E-state index in [9.17, 15) is 14.5 Å². The van der Waals surface area contributed by atoms with Crippen molar-refractivity contribution in [3.8, 4) is 22.8 Å².